The lowest BCUT2D eigenvalue weighted by atomic mass is 10.1. The number of rotatable bonds is 2. The van der Waals surface area contributed by atoms with E-state index in [1.165, 1.54) is 5.56 Å². The van der Waals surface area contributed by atoms with Crippen molar-refractivity contribution in [3.8, 4) is 0 Å². The van der Waals surface area contributed by atoms with Crippen LogP contribution >= 0.6 is 33.9 Å². The maximum absolute atomic E-state index is 11.8. The van der Waals surface area contributed by atoms with Crippen molar-refractivity contribution in [3.63, 3.8) is 0 Å². The van der Waals surface area contributed by atoms with Crippen LogP contribution in [0.3, 0.4) is 0 Å². The molecule has 0 spiro atoms. The number of hydrogen-bond donors (Lipinski definition) is 0. The first-order valence-electron chi connectivity index (χ1n) is 5.96. The van der Waals surface area contributed by atoms with E-state index in [9.17, 15) is 4.79 Å². The van der Waals surface area contributed by atoms with Crippen LogP contribution in [0.4, 0.5) is 0 Å². The first kappa shape index (κ1) is 13.5. The van der Waals surface area contributed by atoms with Gasteiger partial charge in [0.15, 0.2) is 5.70 Å². The highest BCUT2D eigenvalue weighted by Crippen LogP contribution is 2.22. The summed E-state index contributed by atoms with van der Waals surface area (Å²) in [6.07, 6.45) is 1.75. The summed E-state index contributed by atoms with van der Waals surface area (Å²) >= 11 is 3.81. The van der Waals surface area contributed by atoms with Crippen LogP contribution in [0.25, 0.3) is 6.08 Å². The maximum Gasteiger partial charge on any atom is 0.363 e. The van der Waals surface area contributed by atoms with Crippen LogP contribution in [0, 0.1) is 10.5 Å². The van der Waals surface area contributed by atoms with Gasteiger partial charge in [0, 0.05) is 14.0 Å². The van der Waals surface area contributed by atoms with Crippen LogP contribution in [-0.4, -0.2) is 11.9 Å². The second-order valence-corrected chi connectivity index (χ2v) is 6.46. The highest BCUT2D eigenvalue weighted by molar-refractivity contribution is 14.1. The molecule has 0 amide bonds. The molecule has 1 aromatic carbocycles. The molecule has 0 saturated carbocycles. The minimum atomic E-state index is -0.399. The highest BCUT2D eigenvalue weighted by Gasteiger charge is 2.24. The van der Waals surface area contributed by atoms with Gasteiger partial charge < -0.3 is 4.74 Å². The molecule has 2 aromatic rings. The SMILES string of the molecule is Cc1ccc(C2=N/C(=C\c3cccs3)C(=O)O2)cc1I. The molecule has 100 valence electrons. The van der Waals surface area contributed by atoms with Crippen molar-refractivity contribution in [1.29, 1.82) is 0 Å². The van der Waals surface area contributed by atoms with Crippen LogP contribution in [0.1, 0.15) is 16.0 Å². The Kier molecular flexibility index (Phi) is 3.71. The topological polar surface area (TPSA) is 38.7 Å². The van der Waals surface area contributed by atoms with Crippen molar-refractivity contribution in [2.24, 2.45) is 4.99 Å². The lowest BCUT2D eigenvalue weighted by molar-refractivity contribution is -0.129. The molecule has 1 aromatic heterocycles. The Morgan fingerprint density at radius 1 is 1.35 bits per heavy atom. The van der Waals surface area contributed by atoms with Gasteiger partial charge >= 0.3 is 5.97 Å². The van der Waals surface area contributed by atoms with E-state index in [4.69, 9.17) is 4.74 Å². The predicted octanol–water partition coefficient (Wildman–Crippen LogP) is 4.01. The molecule has 0 radical (unpaired) electrons. The van der Waals surface area contributed by atoms with Crippen molar-refractivity contribution in [2.75, 3.05) is 0 Å². The Morgan fingerprint density at radius 3 is 2.90 bits per heavy atom. The summed E-state index contributed by atoms with van der Waals surface area (Å²) in [5.41, 5.74) is 2.36. The summed E-state index contributed by atoms with van der Waals surface area (Å²) in [5.74, 6) is -0.0281. The average Bonchev–Trinajstić information content (AvgIpc) is 3.04. The third-order valence-electron chi connectivity index (χ3n) is 2.86. The Morgan fingerprint density at radius 2 is 2.20 bits per heavy atom. The van der Waals surface area contributed by atoms with Gasteiger partial charge in [0.25, 0.3) is 0 Å². The number of benzene rings is 1. The number of carbonyl (C=O) groups is 1. The molecular weight excluding hydrogens is 385 g/mol. The second-order valence-electron chi connectivity index (χ2n) is 4.32. The molecule has 1 aliphatic rings. The van der Waals surface area contributed by atoms with Gasteiger partial charge in [-0.1, -0.05) is 12.1 Å². The van der Waals surface area contributed by atoms with Gasteiger partial charge in [-0.2, -0.15) is 0 Å². The monoisotopic (exact) mass is 395 g/mol. The number of aliphatic imine (C=N–C) groups is 1. The van der Waals surface area contributed by atoms with E-state index in [1.54, 1.807) is 17.4 Å². The minimum Gasteiger partial charge on any atom is -0.402 e. The Bertz CT molecular complexity index is 732. The fourth-order valence-electron chi connectivity index (χ4n) is 1.77. The maximum atomic E-state index is 11.8. The van der Waals surface area contributed by atoms with Crippen LogP contribution in [-0.2, 0) is 9.53 Å². The lowest BCUT2D eigenvalue weighted by Gasteiger charge is -2.02. The number of halogens is 1. The largest absolute Gasteiger partial charge is 0.402 e. The van der Waals surface area contributed by atoms with Crippen molar-refractivity contribution in [2.45, 2.75) is 6.92 Å². The number of ether oxygens (including phenoxy) is 1. The number of cyclic esters (lactones) is 1. The summed E-state index contributed by atoms with van der Waals surface area (Å²) in [5, 5.41) is 1.96. The van der Waals surface area contributed by atoms with Crippen molar-refractivity contribution < 1.29 is 9.53 Å². The van der Waals surface area contributed by atoms with Gasteiger partial charge in [0.1, 0.15) is 0 Å². The van der Waals surface area contributed by atoms with Gasteiger partial charge in [-0.15, -0.1) is 11.3 Å². The zero-order valence-electron chi connectivity index (χ0n) is 10.6. The molecule has 0 unspecified atom stereocenters. The van der Waals surface area contributed by atoms with Gasteiger partial charge in [-0.25, -0.2) is 9.79 Å². The number of carbonyl (C=O) groups excluding carboxylic acids is 1. The van der Waals surface area contributed by atoms with Gasteiger partial charge in [-0.05, 0) is 64.7 Å². The van der Waals surface area contributed by atoms with Gasteiger partial charge in [-0.3, -0.25) is 0 Å². The molecule has 0 N–H and O–H groups in total. The molecule has 0 saturated heterocycles. The van der Waals surface area contributed by atoms with Crippen LogP contribution in [0.5, 0.6) is 0 Å². The van der Waals surface area contributed by atoms with E-state index < -0.39 is 5.97 Å². The molecule has 0 bridgehead atoms. The first-order chi connectivity index (χ1) is 9.63. The molecule has 0 fully saturated rings. The first-order valence-corrected chi connectivity index (χ1v) is 7.92. The number of hydrogen-bond acceptors (Lipinski definition) is 4. The molecule has 20 heavy (non-hydrogen) atoms. The summed E-state index contributed by atoms with van der Waals surface area (Å²) < 4.78 is 6.37. The number of thiophene rings is 1. The van der Waals surface area contributed by atoms with Crippen molar-refractivity contribution >= 4 is 51.9 Å². The van der Waals surface area contributed by atoms with E-state index in [1.807, 2.05) is 42.6 Å². The fraction of sp³-hybridized carbons (Fsp3) is 0.0667. The summed E-state index contributed by atoms with van der Waals surface area (Å²) in [6, 6.07) is 9.75. The molecule has 2 heterocycles. The van der Waals surface area contributed by atoms with E-state index in [-0.39, 0.29) is 0 Å². The van der Waals surface area contributed by atoms with Crippen molar-refractivity contribution in [1.82, 2.24) is 0 Å². The number of esters is 1. The molecule has 3 nitrogen and oxygen atoms in total. The van der Waals surface area contributed by atoms with E-state index in [0.717, 1.165) is 14.0 Å². The molecule has 5 heteroatoms. The Balaban J connectivity index is 1.96. The fourth-order valence-corrected chi connectivity index (χ4v) is 2.93. The normalized spacial score (nSPS) is 16.4. The van der Waals surface area contributed by atoms with E-state index in [0.29, 0.717) is 11.6 Å². The molecular formula is C15H10INO2S. The average molecular weight is 395 g/mol. The molecule has 1 aliphatic heterocycles. The summed E-state index contributed by atoms with van der Waals surface area (Å²) in [7, 11) is 0. The standard InChI is InChI=1S/C15H10INO2S/c1-9-4-5-10(7-12(9)16)14-17-13(15(18)19-14)8-11-3-2-6-20-11/h2-8H,1H3/b13-8-. The smallest absolute Gasteiger partial charge is 0.363 e. The zero-order chi connectivity index (χ0) is 14.1. The van der Waals surface area contributed by atoms with Crippen LogP contribution < -0.4 is 0 Å². The lowest BCUT2D eigenvalue weighted by Crippen LogP contribution is -2.05. The third-order valence-corrected chi connectivity index (χ3v) is 4.84. The number of aryl methyl sites for hydroxylation is 1. The van der Waals surface area contributed by atoms with Crippen molar-refractivity contribution in [3.05, 3.63) is 61.0 Å². The van der Waals surface area contributed by atoms with E-state index in [2.05, 4.69) is 27.6 Å². The van der Waals surface area contributed by atoms with Gasteiger partial charge in [0.2, 0.25) is 5.90 Å². The second kappa shape index (κ2) is 5.49. The molecule has 0 aliphatic carbocycles. The summed E-state index contributed by atoms with van der Waals surface area (Å²) in [4.78, 5) is 17.1. The zero-order valence-corrected chi connectivity index (χ0v) is 13.6. The highest BCUT2D eigenvalue weighted by atomic mass is 127. The quantitative estimate of drug-likeness (QED) is 0.438. The number of nitrogens with zero attached hydrogens (tertiary/aromatic N) is 1. The van der Waals surface area contributed by atoms with Gasteiger partial charge in [0.05, 0.1) is 0 Å². The van der Waals surface area contributed by atoms with E-state index >= 15 is 0 Å². The van der Waals surface area contributed by atoms with Crippen LogP contribution in [0.15, 0.2) is 46.4 Å². The molecule has 0 atom stereocenters. The predicted molar refractivity (Wildman–Crippen MR) is 88.8 cm³/mol. The Hall–Kier alpha value is -1.47. The summed E-state index contributed by atoms with van der Waals surface area (Å²) in [6.45, 7) is 2.04. The Labute approximate surface area is 134 Å². The molecule has 3 rings (SSSR count). The third kappa shape index (κ3) is 2.69. The minimum absolute atomic E-state index is 0.345. The van der Waals surface area contributed by atoms with Crippen LogP contribution in [0.2, 0.25) is 0 Å².